The quantitative estimate of drug-likeness (QED) is 0.721. The smallest absolute Gasteiger partial charge is 0.344 e. The Labute approximate surface area is 155 Å². The average Bonchev–Trinajstić information content (AvgIpc) is 2.61. The second kappa shape index (κ2) is 8.87. The van der Waals surface area contributed by atoms with Gasteiger partial charge in [0, 0.05) is 16.3 Å². The number of carbonyl (C=O) groups excluding carboxylic acids is 3. The number of benzene rings is 2. The normalized spacial score (nSPS) is 11.3. The van der Waals surface area contributed by atoms with E-state index in [4.69, 9.17) is 26.8 Å². The molecular formula is C18H17ClN2O5. The molecule has 0 saturated heterocycles. The minimum absolute atomic E-state index is 0.321. The highest BCUT2D eigenvalue weighted by molar-refractivity contribution is 6.30. The standard InChI is InChI=1S/C18H17ClN2O5/c1-11(18(24)21-14-6-2-12(3-7-14)17(20)23)26-16(22)10-25-15-8-4-13(19)5-9-15/h2-9,11H,10H2,1H3,(H2,20,23)(H,21,24)/t11-/m0/s1. The maximum atomic E-state index is 12.0. The van der Waals surface area contributed by atoms with Gasteiger partial charge in [-0.3, -0.25) is 9.59 Å². The molecule has 0 spiro atoms. The van der Waals surface area contributed by atoms with Gasteiger partial charge in [0.25, 0.3) is 5.91 Å². The van der Waals surface area contributed by atoms with Gasteiger partial charge >= 0.3 is 5.97 Å². The summed E-state index contributed by atoms with van der Waals surface area (Å²) in [4.78, 5) is 34.8. The van der Waals surface area contributed by atoms with Crippen LogP contribution in [0.5, 0.6) is 5.75 Å². The minimum atomic E-state index is -1.02. The number of esters is 1. The molecule has 0 bridgehead atoms. The molecule has 136 valence electrons. The molecule has 26 heavy (non-hydrogen) atoms. The molecule has 0 saturated carbocycles. The number of hydrogen-bond acceptors (Lipinski definition) is 5. The highest BCUT2D eigenvalue weighted by Gasteiger charge is 2.18. The van der Waals surface area contributed by atoms with Crippen molar-refractivity contribution in [3.8, 4) is 5.75 Å². The molecule has 0 unspecified atom stereocenters. The molecule has 8 heteroatoms. The van der Waals surface area contributed by atoms with E-state index in [0.717, 1.165) is 0 Å². The number of rotatable bonds is 7. The van der Waals surface area contributed by atoms with Crippen molar-refractivity contribution in [3.05, 3.63) is 59.1 Å². The van der Waals surface area contributed by atoms with E-state index in [9.17, 15) is 14.4 Å². The summed E-state index contributed by atoms with van der Waals surface area (Å²) < 4.78 is 10.3. The van der Waals surface area contributed by atoms with Crippen LogP contribution in [0.4, 0.5) is 5.69 Å². The first-order chi connectivity index (χ1) is 12.3. The number of primary amides is 1. The predicted octanol–water partition coefficient (Wildman–Crippen LogP) is 2.39. The lowest BCUT2D eigenvalue weighted by molar-refractivity contribution is -0.155. The van der Waals surface area contributed by atoms with E-state index < -0.39 is 23.9 Å². The van der Waals surface area contributed by atoms with Gasteiger partial charge in [-0.1, -0.05) is 11.6 Å². The van der Waals surface area contributed by atoms with Crippen molar-refractivity contribution >= 4 is 35.1 Å². The van der Waals surface area contributed by atoms with E-state index in [1.165, 1.54) is 31.2 Å². The Bertz CT molecular complexity index is 790. The lowest BCUT2D eigenvalue weighted by Crippen LogP contribution is -2.31. The molecule has 2 amide bonds. The van der Waals surface area contributed by atoms with E-state index in [1.807, 2.05) is 0 Å². The molecule has 0 heterocycles. The Morgan fingerprint density at radius 1 is 1.08 bits per heavy atom. The van der Waals surface area contributed by atoms with Crippen molar-refractivity contribution in [1.82, 2.24) is 0 Å². The van der Waals surface area contributed by atoms with E-state index in [-0.39, 0.29) is 6.61 Å². The third kappa shape index (κ3) is 5.78. The first kappa shape index (κ1) is 19.3. The highest BCUT2D eigenvalue weighted by Crippen LogP contribution is 2.15. The van der Waals surface area contributed by atoms with Crippen molar-refractivity contribution in [1.29, 1.82) is 0 Å². The van der Waals surface area contributed by atoms with E-state index in [1.54, 1.807) is 24.3 Å². The van der Waals surface area contributed by atoms with Crippen LogP contribution in [0.1, 0.15) is 17.3 Å². The van der Waals surface area contributed by atoms with Crippen LogP contribution in [-0.4, -0.2) is 30.5 Å². The molecule has 7 nitrogen and oxygen atoms in total. The number of carbonyl (C=O) groups is 3. The number of anilines is 1. The largest absolute Gasteiger partial charge is 0.482 e. The van der Waals surface area contributed by atoms with Crippen LogP contribution < -0.4 is 15.8 Å². The molecule has 1 atom stereocenters. The van der Waals surface area contributed by atoms with Gasteiger partial charge in [-0.2, -0.15) is 0 Å². The molecule has 0 fully saturated rings. The molecule has 0 aliphatic rings. The highest BCUT2D eigenvalue weighted by atomic mass is 35.5. The molecule has 2 aromatic carbocycles. The van der Waals surface area contributed by atoms with Crippen molar-refractivity contribution in [2.45, 2.75) is 13.0 Å². The minimum Gasteiger partial charge on any atom is -0.482 e. The Morgan fingerprint density at radius 3 is 2.27 bits per heavy atom. The Morgan fingerprint density at radius 2 is 1.69 bits per heavy atom. The summed E-state index contributed by atoms with van der Waals surface area (Å²) >= 11 is 5.75. The Kier molecular flexibility index (Phi) is 6.57. The summed E-state index contributed by atoms with van der Waals surface area (Å²) in [6.07, 6.45) is -1.02. The van der Waals surface area contributed by atoms with Gasteiger partial charge in [0.1, 0.15) is 5.75 Å². The van der Waals surface area contributed by atoms with Gasteiger partial charge in [0.2, 0.25) is 5.91 Å². The van der Waals surface area contributed by atoms with Gasteiger partial charge in [0.05, 0.1) is 0 Å². The number of ether oxygens (including phenoxy) is 2. The number of nitrogens with two attached hydrogens (primary N) is 1. The third-order valence-electron chi connectivity index (χ3n) is 3.28. The molecule has 0 aliphatic carbocycles. The van der Waals surface area contributed by atoms with Crippen LogP contribution >= 0.6 is 11.6 Å². The summed E-state index contributed by atoms with van der Waals surface area (Å²) in [6.45, 7) is 1.10. The first-order valence-electron chi connectivity index (χ1n) is 7.63. The van der Waals surface area contributed by atoms with Crippen molar-refractivity contribution in [2.75, 3.05) is 11.9 Å². The summed E-state index contributed by atoms with van der Waals surface area (Å²) in [5.41, 5.74) is 5.91. The number of amides is 2. The fourth-order valence-electron chi connectivity index (χ4n) is 1.92. The maximum Gasteiger partial charge on any atom is 0.344 e. The predicted molar refractivity (Wildman–Crippen MR) is 96.1 cm³/mol. The van der Waals surface area contributed by atoms with E-state index >= 15 is 0 Å². The molecule has 0 aromatic heterocycles. The van der Waals surface area contributed by atoms with Crippen LogP contribution in [0.25, 0.3) is 0 Å². The zero-order valence-electron chi connectivity index (χ0n) is 13.9. The summed E-state index contributed by atoms with van der Waals surface area (Å²) in [7, 11) is 0. The number of hydrogen-bond donors (Lipinski definition) is 2. The number of nitrogens with one attached hydrogen (secondary N) is 1. The zero-order chi connectivity index (χ0) is 19.1. The fourth-order valence-corrected chi connectivity index (χ4v) is 2.05. The molecule has 0 aliphatic heterocycles. The third-order valence-corrected chi connectivity index (χ3v) is 3.54. The second-order valence-electron chi connectivity index (χ2n) is 5.31. The van der Waals surface area contributed by atoms with Crippen LogP contribution in [0.2, 0.25) is 5.02 Å². The topological polar surface area (TPSA) is 108 Å². The molecule has 2 rings (SSSR count). The van der Waals surface area contributed by atoms with E-state index in [0.29, 0.717) is 22.0 Å². The number of halogens is 1. The summed E-state index contributed by atoms with van der Waals surface area (Å²) in [6, 6.07) is 12.5. The molecule has 3 N–H and O–H groups in total. The van der Waals surface area contributed by atoms with Crippen molar-refractivity contribution < 1.29 is 23.9 Å². The van der Waals surface area contributed by atoms with Gasteiger partial charge in [-0.05, 0) is 55.5 Å². The van der Waals surface area contributed by atoms with Crippen molar-refractivity contribution in [3.63, 3.8) is 0 Å². The van der Waals surface area contributed by atoms with Crippen molar-refractivity contribution in [2.24, 2.45) is 5.73 Å². The van der Waals surface area contributed by atoms with Crippen LogP contribution in [0.15, 0.2) is 48.5 Å². The maximum absolute atomic E-state index is 12.0. The Hall–Kier alpha value is -3.06. The van der Waals surface area contributed by atoms with Gasteiger partial charge in [0.15, 0.2) is 12.7 Å². The molecular weight excluding hydrogens is 360 g/mol. The first-order valence-corrected chi connectivity index (χ1v) is 8.01. The van der Waals surface area contributed by atoms with E-state index in [2.05, 4.69) is 5.32 Å². The second-order valence-corrected chi connectivity index (χ2v) is 5.74. The summed E-state index contributed by atoms with van der Waals surface area (Å²) in [5, 5.41) is 3.12. The SMILES string of the molecule is C[C@H](OC(=O)COc1ccc(Cl)cc1)C(=O)Nc1ccc(C(N)=O)cc1. The molecule has 0 radical (unpaired) electrons. The Balaban J connectivity index is 1.80. The van der Waals surface area contributed by atoms with Crippen LogP contribution in [0, 0.1) is 0 Å². The van der Waals surface area contributed by atoms with Crippen LogP contribution in [0.3, 0.4) is 0 Å². The van der Waals surface area contributed by atoms with Gasteiger partial charge < -0.3 is 20.5 Å². The lowest BCUT2D eigenvalue weighted by Gasteiger charge is -2.14. The van der Waals surface area contributed by atoms with Gasteiger partial charge in [-0.15, -0.1) is 0 Å². The monoisotopic (exact) mass is 376 g/mol. The summed E-state index contributed by atoms with van der Waals surface area (Å²) in [5.74, 6) is -1.31. The molecule has 2 aromatic rings. The zero-order valence-corrected chi connectivity index (χ0v) is 14.7. The lowest BCUT2D eigenvalue weighted by atomic mass is 10.2. The van der Waals surface area contributed by atoms with Crippen LogP contribution in [-0.2, 0) is 14.3 Å². The average molecular weight is 377 g/mol. The van der Waals surface area contributed by atoms with Gasteiger partial charge in [-0.25, -0.2) is 4.79 Å². The fraction of sp³-hybridized carbons (Fsp3) is 0.167.